The molecule has 126 valence electrons. The second kappa shape index (κ2) is 10.3. The summed E-state index contributed by atoms with van der Waals surface area (Å²) in [5.74, 6) is 0. The topological polar surface area (TPSA) is 0 Å². The van der Waals surface area contributed by atoms with E-state index in [2.05, 4.69) is 66.7 Å². The molecule has 0 N–H and O–H groups in total. The van der Waals surface area contributed by atoms with E-state index in [9.17, 15) is 0 Å². The van der Waals surface area contributed by atoms with Gasteiger partial charge in [-0.15, -0.1) is 0 Å². The molecule has 0 aromatic heterocycles. The van der Waals surface area contributed by atoms with Crippen LogP contribution in [0.2, 0.25) is 0 Å². The third-order valence-electron chi connectivity index (χ3n) is 5.08. The summed E-state index contributed by atoms with van der Waals surface area (Å²) in [6.45, 7) is 16.0. The molecule has 0 unspecified atom stereocenters. The van der Waals surface area contributed by atoms with Gasteiger partial charge in [0.2, 0.25) is 0 Å². The van der Waals surface area contributed by atoms with Crippen LogP contribution in [-0.2, 0) is 27.1 Å². The number of rotatable bonds is 2. The van der Waals surface area contributed by atoms with Gasteiger partial charge in [-0.05, 0) is 73.4 Å². The molecule has 0 nitrogen and oxygen atoms in total. The zero-order valence-electron chi connectivity index (χ0n) is 15.0. The first-order chi connectivity index (χ1) is 8.78. The second-order valence-electron chi connectivity index (χ2n) is 6.35. The molecule has 0 aliphatic heterocycles. The summed E-state index contributed by atoms with van der Waals surface area (Å²) in [7, 11) is 0. The summed E-state index contributed by atoms with van der Waals surface area (Å²) in [4.78, 5) is 0. The predicted octanol–water partition coefficient (Wildman–Crippen LogP) is -3.79. The summed E-state index contributed by atoms with van der Waals surface area (Å²) in [5, 5.41) is 0. The zero-order chi connectivity index (χ0) is 14.4. The summed E-state index contributed by atoms with van der Waals surface area (Å²) in [5.41, 5.74) is 10.2. The van der Waals surface area contributed by atoms with Crippen LogP contribution in [-0.4, -0.2) is 0 Å². The Balaban J connectivity index is -0.000001000. The first kappa shape index (κ1) is 28.1. The van der Waals surface area contributed by atoms with Crippen molar-refractivity contribution in [3.05, 3.63) is 57.2 Å². The fraction of sp³-hybridized carbons (Fsp3) is 0.474. The van der Waals surface area contributed by atoms with Crippen molar-refractivity contribution in [2.75, 3.05) is 0 Å². The maximum Gasteiger partial charge on any atom is 4.00 e. The van der Waals surface area contributed by atoms with E-state index in [1.165, 1.54) is 39.0 Å². The molecule has 0 amide bonds. The van der Waals surface area contributed by atoms with Gasteiger partial charge in [0, 0.05) is 0 Å². The van der Waals surface area contributed by atoms with Crippen molar-refractivity contribution >= 4 is 0 Å². The van der Waals surface area contributed by atoms with Crippen LogP contribution in [0.15, 0.2) is 17.7 Å². The molecule has 1 aliphatic carbocycles. The number of hydrogen-bond donors (Lipinski definition) is 0. The van der Waals surface area contributed by atoms with Crippen molar-refractivity contribution in [2.24, 2.45) is 0 Å². The average Bonchev–Trinajstić information content (AvgIpc) is 2.88. The van der Waals surface area contributed by atoms with Gasteiger partial charge in [-0.2, -0.15) is 5.57 Å². The van der Waals surface area contributed by atoms with E-state index in [1.807, 2.05) is 0 Å². The molecule has 1 aromatic carbocycles. The minimum absolute atomic E-state index is 0. The van der Waals surface area contributed by atoms with Crippen molar-refractivity contribution in [2.45, 2.75) is 60.3 Å². The largest absolute Gasteiger partial charge is 4.00 e. The molecule has 0 fully saturated rings. The molecular formula is C19H25Cl3Ti. The van der Waals surface area contributed by atoms with E-state index in [0.717, 1.165) is 6.42 Å². The zero-order valence-corrected chi connectivity index (χ0v) is 18.8. The molecule has 4 heteroatoms. The molecule has 0 spiro atoms. The molecule has 0 radical (unpaired) electrons. The van der Waals surface area contributed by atoms with Gasteiger partial charge in [0.05, 0.1) is 0 Å². The smallest absolute Gasteiger partial charge is 1.00 e. The number of allylic oxidation sites excluding steroid dienone is 4. The van der Waals surface area contributed by atoms with E-state index < -0.39 is 0 Å². The van der Waals surface area contributed by atoms with Gasteiger partial charge < -0.3 is 37.2 Å². The molecule has 0 atom stereocenters. The average molecular weight is 408 g/mol. The van der Waals surface area contributed by atoms with Gasteiger partial charge in [0.15, 0.2) is 0 Å². The van der Waals surface area contributed by atoms with Gasteiger partial charge in [-0.1, -0.05) is 20.3 Å². The molecule has 1 aliphatic rings. The van der Waals surface area contributed by atoms with Gasteiger partial charge in [0.25, 0.3) is 0 Å². The monoisotopic (exact) mass is 406 g/mol. The molecule has 2 rings (SSSR count). The Morgan fingerprint density at radius 1 is 0.783 bits per heavy atom. The van der Waals surface area contributed by atoms with E-state index in [-0.39, 0.29) is 64.4 Å². The molecule has 0 bridgehead atoms. The fourth-order valence-electron chi connectivity index (χ4n) is 3.42. The normalized spacial score (nSPS) is 12.4. The first-order valence-electron chi connectivity index (χ1n) is 7.13. The van der Waals surface area contributed by atoms with Crippen LogP contribution in [0.5, 0.6) is 0 Å². The molecule has 1 aromatic rings. The van der Waals surface area contributed by atoms with E-state index in [1.54, 1.807) is 0 Å². The number of hydrogen-bond acceptors (Lipinski definition) is 0. The van der Waals surface area contributed by atoms with Crippen molar-refractivity contribution in [1.82, 2.24) is 0 Å². The quantitative estimate of drug-likeness (QED) is 0.349. The molecule has 0 heterocycles. The van der Waals surface area contributed by atoms with Crippen LogP contribution < -0.4 is 37.2 Å². The molecule has 23 heavy (non-hydrogen) atoms. The third kappa shape index (κ3) is 4.89. The van der Waals surface area contributed by atoms with Gasteiger partial charge >= 0.3 is 21.7 Å². The van der Waals surface area contributed by atoms with Crippen LogP contribution in [0, 0.1) is 40.7 Å². The van der Waals surface area contributed by atoms with Crippen LogP contribution in [0.1, 0.15) is 53.6 Å². The van der Waals surface area contributed by atoms with Crippen molar-refractivity contribution in [3.8, 4) is 0 Å². The van der Waals surface area contributed by atoms with Crippen molar-refractivity contribution in [1.29, 1.82) is 0 Å². The first-order valence-corrected chi connectivity index (χ1v) is 7.13. The van der Waals surface area contributed by atoms with Crippen LogP contribution in [0.3, 0.4) is 0 Å². The Morgan fingerprint density at radius 2 is 1.17 bits per heavy atom. The van der Waals surface area contributed by atoms with Crippen LogP contribution in [0.4, 0.5) is 0 Å². The Labute approximate surface area is 175 Å². The maximum absolute atomic E-state index is 3.44. The van der Waals surface area contributed by atoms with Gasteiger partial charge in [-0.25, -0.2) is 12.2 Å². The summed E-state index contributed by atoms with van der Waals surface area (Å²) >= 11 is 0. The Kier molecular flexibility index (Phi) is 12.6. The van der Waals surface area contributed by atoms with E-state index in [0.29, 0.717) is 0 Å². The van der Waals surface area contributed by atoms with Crippen LogP contribution in [0.25, 0.3) is 0 Å². The Morgan fingerprint density at radius 3 is 1.52 bits per heavy atom. The summed E-state index contributed by atoms with van der Waals surface area (Å²) in [6.07, 6.45) is 8.75. The summed E-state index contributed by atoms with van der Waals surface area (Å²) < 4.78 is 0. The van der Waals surface area contributed by atoms with E-state index in [4.69, 9.17) is 0 Å². The summed E-state index contributed by atoms with van der Waals surface area (Å²) in [6, 6.07) is 0. The minimum atomic E-state index is 0. The van der Waals surface area contributed by atoms with Crippen LogP contribution >= 0.6 is 0 Å². The van der Waals surface area contributed by atoms with Gasteiger partial charge in [-0.3, -0.25) is 6.08 Å². The molecular weight excluding hydrogens is 382 g/mol. The fourth-order valence-corrected chi connectivity index (χ4v) is 3.42. The van der Waals surface area contributed by atoms with Crippen molar-refractivity contribution in [3.63, 3.8) is 0 Å². The second-order valence-corrected chi connectivity index (χ2v) is 6.35. The molecule has 0 saturated heterocycles. The standard InChI is InChI=1S/C19H25.3ClH.Ti/c1-12-13(2)15(4)18(16(5)14(12)3)19(6,7)17-10-8-9-11-17;;;;/h8-9H,10H2,1-7H3;3*1H;/q-1;;;;+4/p-3. The number of halogens is 3. The van der Waals surface area contributed by atoms with Gasteiger partial charge in [0.1, 0.15) is 0 Å². The Bertz CT molecular complexity index is 570. The number of benzene rings is 1. The minimum Gasteiger partial charge on any atom is -1.00 e. The van der Waals surface area contributed by atoms with E-state index >= 15 is 0 Å². The third-order valence-corrected chi connectivity index (χ3v) is 5.08. The van der Waals surface area contributed by atoms with Crippen molar-refractivity contribution < 1.29 is 58.9 Å². The Hall–Kier alpha value is 0.284. The molecule has 0 saturated carbocycles. The predicted molar refractivity (Wildman–Crippen MR) is 83.7 cm³/mol. The SMILES string of the molecule is Cc1c(C)c(C)c(C(C)(C)C2=[C-]C=CC2)c(C)c1C.[Cl-].[Cl-].[Cl-].[Ti+4]. The maximum atomic E-state index is 3.44.